The van der Waals surface area contributed by atoms with Crippen molar-refractivity contribution in [2.24, 2.45) is 0 Å². The Labute approximate surface area is 171 Å². The Kier molecular flexibility index (Phi) is 4.90. The minimum Gasteiger partial charge on any atom is -0.394 e. The third-order valence-electron chi connectivity index (χ3n) is 4.13. The van der Waals surface area contributed by atoms with Crippen LogP contribution >= 0.6 is 38.9 Å². The van der Waals surface area contributed by atoms with Gasteiger partial charge in [-0.05, 0) is 47.1 Å². The number of hydrogen-bond acceptors (Lipinski definition) is 6. The summed E-state index contributed by atoms with van der Waals surface area (Å²) in [4.78, 5) is 22.7. The average molecular weight is 466 g/mol. The Hall–Kier alpha value is -2.00. The van der Waals surface area contributed by atoms with Crippen LogP contribution in [-0.2, 0) is 0 Å². The SMILES string of the molecule is C[C@H](CO)Nc1c(Br)cnc2sc3c(=O)n(-c4ccc(Cl)cc4)cnc3c12. The van der Waals surface area contributed by atoms with Crippen LogP contribution in [0.1, 0.15) is 6.92 Å². The number of halogens is 2. The number of fused-ring (bicyclic) bond motifs is 3. The average Bonchev–Trinajstić information content (AvgIpc) is 3.05. The summed E-state index contributed by atoms with van der Waals surface area (Å²) in [5.74, 6) is 0. The van der Waals surface area contributed by atoms with E-state index >= 15 is 0 Å². The Morgan fingerprint density at radius 1 is 1.33 bits per heavy atom. The summed E-state index contributed by atoms with van der Waals surface area (Å²) < 4.78 is 2.76. The molecule has 138 valence electrons. The van der Waals surface area contributed by atoms with Gasteiger partial charge in [-0.3, -0.25) is 9.36 Å². The van der Waals surface area contributed by atoms with Gasteiger partial charge in [0.15, 0.2) is 0 Å². The predicted octanol–water partition coefficient (Wildman–Crippen LogP) is 4.20. The van der Waals surface area contributed by atoms with Crippen molar-refractivity contribution in [1.82, 2.24) is 14.5 Å². The lowest BCUT2D eigenvalue weighted by molar-refractivity contribution is 0.281. The number of thiophene rings is 1. The van der Waals surface area contributed by atoms with Gasteiger partial charge in [0.25, 0.3) is 5.56 Å². The highest BCUT2D eigenvalue weighted by Gasteiger charge is 2.19. The van der Waals surface area contributed by atoms with E-state index in [0.29, 0.717) is 25.8 Å². The summed E-state index contributed by atoms with van der Waals surface area (Å²) in [7, 11) is 0. The molecule has 9 heteroatoms. The normalized spacial score (nSPS) is 12.6. The van der Waals surface area contributed by atoms with Crippen LogP contribution in [0.25, 0.3) is 26.1 Å². The molecule has 0 spiro atoms. The van der Waals surface area contributed by atoms with Gasteiger partial charge in [-0.2, -0.15) is 0 Å². The topological polar surface area (TPSA) is 80.0 Å². The van der Waals surface area contributed by atoms with Gasteiger partial charge in [-0.1, -0.05) is 11.6 Å². The largest absolute Gasteiger partial charge is 0.394 e. The molecular weight excluding hydrogens is 452 g/mol. The zero-order valence-corrected chi connectivity index (χ0v) is 17.3. The first-order valence-corrected chi connectivity index (χ1v) is 10.1. The number of rotatable bonds is 4. The monoisotopic (exact) mass is 464 g/mol. The molecule has 0 unspecified atom stereocenters. The van der Waals surface area contributed by atoms with Crippen LogP contribution < -0.4 is 10.9 Å². The molecule has 3 heterocycles. The van der Waals surface area contributed by atoms with Gasteiger partial charge in [0.1, 0.15) is 21.4 Å². The van der Waals surface area contributed by atoms with Gasteiger partial charge in [-0.25, -0.2) is 9.97 Å². The summed E-state index contributed by atoms with van der Waals surface area (Å²) in [5.41, 5.74) is 1.89. The molecule has 4 rings (SSSR count). The maximum atomic E-state index is 13.1. The zero-order chi connectivity index (χ0) is 19.1. The van der Waals surface area contributed by atoms with Gasteiger partial charge in [-0.15, -0.1) is 11.3 Å². The molecule has 0 radical (unpaired) electrons. The van der Waals surface area contributed by atoms with Crippen LogP contribution in [0.15, 0.2) is 46.1 Å². The highest BCUT2D eigenvalue weighted by atomic mass is 79.9. The molecular formula is C18H14BrClN4O2S. The van der Waals surface area contributed by atoms with E-state index in [1.807, 2.05) is 6.92 Å². The first-order chi connectivity index (χ1) is 13.0. The molecule has 3 aromatic heterocycles. The van der Waals surface area contributed by atoms with Crippen LogP contribution in [0.3, 0.4) is 0 Å². The number of hydrogen-bond donors (Lipinski definition) is 2. The Bertz CT molecular complexity index is 1210. The molecule has 2 N–H and O–H groups in total. The Morgan fingerprint density at radius 3 is 2.78 bits per heavy atom. The van der Waals surface area contributed by atoms with Crippen LogP contribution in [0, 0.1) is 0 Å². The molecule has 0 aliphatic rings. The molecule has 4 aromatic rings. The van der Waals surface area contributed by atoms with Crippen molar-refractivity contribution in [3.05, 3.63) is 56.6 Å². The van der Waals surface area contributed by atoms with Crippen LogP contribution in [0.4, 0.5) is 5.69 Å². The number of nitrogens with zero attached hydrogens (tertiary/aromatic N) is 3. The quantitative estimate of drug-likeness (QED) is 0.472. The van der Waals surface area contributed by atoms with E-state index in [2.05, 4.69) is 31.2 Å². The number of aliphatic hydroxyl groups is 1. The summed E-state index contributed by atoms with van der Waals surface area (Å²) in [6.07, 6.45) is 3.20. The van der Waals surface area contributed by atoms with E-state index in [9.17, 15) is 9.90 Å². The highest BCUT2D eigenvalue weighted by molar-refractivity contribution is 9.10. The van der Waals surface area contributed by atoms with Crippen molar-refractivity contribution in [2.45, 2.75) is 13.0 Å². The third-order valence-corrected chi connectivity index (χ3v) is 6.06. The van der Waals surface area contributed by atoms with Crippen molar-refractivity contribution in [1.29, 1.82) is 0 Å². The molecule has 0 saturated heterocycles. The minimum atomic E-state index is -0.164. The molecule has 27 heavy (non-hydrogen) atoms. The molecule has 1 atom stereocenters. The third kappa shape index (κ3) is 3.23. The first kappa shape index (κ1) is 18.4. The van der Waals surface area contributed by atoms with Crippen molar-refractivity contribution in [2.75, 3.05) is 11.9 Å². The number of pyridine rings is 1. The fourth-order valence-electron chi connectivity index (χ4n) is 2.79. The van der Waals surface area contributed by atoms with E-state index in [-0.39, 0.29) is 18.2 Å². The molecule has 0 fully saturated rings. The summed E-state index contributed by atoms with van der Waals surface area (Å²) in [5, 5.41) is 14.0. The maximum absolute atomic E-state index is 13.1. The number of anilines is 1. The highest BCUT2D eigenvalue weighted by Crippen LogP contribution is 2.38. The van der Waals surface area contributed by atoms with Crippen LogP contribution in [0.5, 0.6) is 0 Å². The van der Waals surface area contributed by atoms with E-state index < -0.39 is 0 Å². The Balaban J connectivity index is 1.97. The molecule has 0 bridgehead atoms. The second-order valence-corrected chi connectivity index (χ2v) is 8.36. The zero-order valence-electron chi connectivity index (χ0n) is 14.1. The van der Waals surface area contributed by atoms with E-state index in [4.69, 9.17) is 11.6 Å². The molecule has 1 aromatic carbocycles. The standard InChI is InChI=1S/C18H14BrClN4O2S/c1-9(7-25)23-14-12(19)6-21-17-13(14)15-16(27-17)18(26)24(8-22-15)11-4-2-10(20)3-5-11/h2-6,8-9,25H,7H2,1H3,(H,21,23)/t9-/m1/s1. The summed E-state index contributed by atoms with van der Waals surface area (Å²) >= 11 is 10.7. The lowest BCUT2D eigenvalue weighted by Gasteiger charge is -2.14. The molecule has 0 saturated carbocycles. The van der Waals surface area contributed by atoms with E-state index in [1.54, 1.807) is 30.5 Å². The minimum absolute atomic E-state index is 0.0187. The molecule has 0 aliphatic carbocycles. The van der Waals surface area contributed by atoms with Gasteiger partial charge in [0.2, 0.25) is 0 Å². The van der Waals surface area contributed by atoms with E-state index in [0.717, 1.165) is 15.5 Å². The first-order valence-electron chi connectivity index (χ1n) is 8.11. The molecule has 6 nitrogen and oxygen atoms in total. The maximum Gasteiger partial charge on any atom is 0.275 e. The number of nitrogens with one attached hydrogen (secondary N) is 1. The molecule has 0 aliphatic heterocycles. The Morgan fingerprint density at radius 2 is 2.07 bits per heavy atom. The van der Waals surface area contributed by atoms with E-state index in [1.165, 1.54) is 22.2 Å². The van der Waals surface area contributed by atoms with Crippen LogP contribution in [0.2, 0.25) is 5.02 Å². The van der Waals surface area contributed by atoms with Gasteiger partial charge >= 0.3 is 0 Å². The van der Waals surface area contributed by atoms with Gasteiger partial charge in [0.05, 0.1) is 27.8 Å². The molecule has 0 amide bonds. The van der Waals surface area contributed by atoms with Gasteiger partial charge in [0, 0.05) is 17.3 Å². The van der Waals surface area contributed by atoms with Crippen molar-refractivity contribution in [3.8, 4) is 5.69 Å². The second-order valence-electron chi connectivity index (χ2n) is 6.07. The lowest BCUT2D eigenvalue weighted by Crippen LogP contribution is -2.20. The summed E-state index contributed by atoms with van der Waals surface area (Å²) in [6.45, 7) is 1.85. The number of aliphatic hydroxyl groups excluding tert-OH is 1. The second kappa shape index (κ2) is 7.20. The van der Waals surface area contributed by atoms with Gasteiger partial charge < -0.3 is 10.4 Å². The number of benzene rings is 1. The van der Waals surface area contributed by atoms with Crippen molar-refractivity contribution >= 4 is 65.0 Å². The van der Waals surface area contributed by atoms with Crippen molar-refractivity contribution < 1.29 is 5.11 Å². The number of aromatic nitrogens is 3. The van der Waals surface area contributed by atoms with Crippen LogP contribution in [-0.4, -0.2) is 32.3 Å². The predicted molar refractivity (Wildman–Crippen MR) is 113 cm³/mol. The fourth-order valence-corrected chi connectivity index (χ4v) is 4.37. The summed E-state index contributed by atoms with van der Waals surface area (Å²) in [6, 6.07) is 6.85. The van der Waals surface area contributed by atoms with Crippen molar-refractivity contribution in [3.63, 3.8) is 0 Å². The fraction of sp³-hybridized carbons (Fsp3) is 0.167. The smallest absolute Gasteiger partial charge is 0.275 e. The lowest BCUT2D eigenvalue weighted by atomic mass is 10.2.